The van der Waals surface area contributed by atoms with E-state index in [-0.39, 0.29) is 11.9 Å². The zero-order valence-corrected chi connectivity index (χ0v) is 8.43. The standard InChI is InChI=1S/C12H11NO2/c1-8-13-12(11(14)15-8)7-10(12)9-5-3-2-4-6-9/h2-6,10H,7H2,1H3/t10-,12+/m0/s1. The Bertz CT molecular complexity index is 452. The van der Waals surface area contributed by atoms with Gasteiger partial charge in [0, 0.05) is 12.8 Å². The number of aliphatic imine (C=N–C) groups is 1. The Hall–Kier alpha value is -1.64. The van der Waals surface area contributed by atoms with Crippen LogP contribution in [0.25, 0.3) is 0 Å². The molecule has 1 heterocycles. The highest BCUT2D eigenvalue weighted by atomic mass is 16.6. The summed E-state index contributed by atoms with van der Waals surface area (Å²) >= 11 is 0. The van der Waals surface area contributed by atoms with Crippen LogP contribution in [0.5, 0.6) is 0 Å². The van der Waals surface area contributed by atoms with Gasteiger partial charge in [-0.1, -0.05) is 30.3 Å². The van der Waals surface area contributed by atoms with Crippen LogP contribution in [0.1, 0.15) is 24.8 Å². The van der Waals surface area contributed by atoms with E-state index in [1.807, 2.05) is 30.3 Å². The monoisotopic (exact) mass is 201 g/mol. The van der Waals surface area contributed by atoms with Crippen molar-refractivity contribution >= 4 is 11.9 Å². The van der Waals surface area contributed by atoms with Gasteiger partial charge in [-0.05, 0) is 12.0 Å². The van der Waals surface area contributed by atoms with Crippen molar-refractivity contribution in [2.75, 3.05) is 0 Å². The molecule has 0 radical (unpaired) electrons. The maximum atomic E-state index is 11.6. The van der Waals surface area contributed by atoms with Crippen LogP contribution in [0, 0.1) is 0 Å². The van der Waals surface area contributed by atoms with Crippen molar-refractivity contribution in [1.29, 1.82) is 0 Å². The van der Waals surface area contributed by atoms with Crippen molar-refractivity contribution in [3.8, 4) is 0 Å². The lowest BCUT2D eigenvalue weighted by molar-refractivity contribution is -0.136. The van der Waals surface area contributed by atoms with Gasteiger partial charge >= 0.3 is 5.97 Å². The number of hydrogen-bond acceptors (Lipinski definition) is 3. The minimum Gasteiger partial charge on any atom is -0.410 e. The molecule has 0 unspecified atom stereocenters. The third-order valence-corrected chi connectivity index (χ3v) is 3.08. The highest BCUT2D eigenvalue weighted by molar-refractivity contribution is 6.02. The molecule has 3 rings (SSSR count). The lowest BCUT2D eigenvalue weighted by Crippen LogP contribution is -2.18. The maximum Gasteiger partial charge on any atom is 0.341 e. The topological polar surface area (TPSA) is 38.7 Å². The van der Waals surface area contributed by atoms with Crippen LogP contribution in [0.3, 0.4) is 0 Å². The van der Waals surface area contributed by atoms with Crippen LogP contribution in [-0.4, -0.2) is 17.4 Å². The molecule has 1 saturated carbocycles. The van der Waals surface area contributed by atoms with E-state index in [1.54, 1.807) is 6.92 Å². The lowest BCUT2D eigenvalue weighted by atomic mass is 10.1. The van der Waals surface area contributed by atoms with E-state index in [9.17, 15) is 4.79 Å². The van der Waals surface area contributed by atoms with Crippen molar-refractivity contribution in [2.45, 2.75) is 24.8 Å². The first-order valence-corrected chi connectivity index (χ1v) is 5.06. The summed E-state index contributed by atoms with van der Waals surface area (Å²) in [6.07, 6.45) is 0.785. The van der Waals surface area contributed by atoms with Crippen LogP contribution in [-0.2, 0) is 9.53 Å². The van der Waals surface area contributed by atoms with Gasteiger partial charge in [0.15, 0.2) is 11.4 Å². The number of nitrogens with zero attached hydrogens (tertiary/aromatic N) is 1. The summed E-state index contributed by atoms with van der Waals surface area (Å²) in [5.41, 5.74) is 0.596. The summed E-state index contributed by atoms with van der Waals surface area (Å²) in [5.74, 6) is 0.524. The fraction of sp³-hybridized carbons (Fsp3) is 0.333. The number of hydrogen-bond donors (Lipinski definition) is 0. The predicted octanol–water partition coefficient (Wildman–Crippen LogP) is 1.89. The number of rotatable bonds is 1. The van der Waals surface area contributed by atoms with E-state index in [4.69, 9.17) is 4.74 Å². The Kier molecular flexibility index (Phi) is 1.55. The van der Waals surface area contributed by atoms with Crippen molar-refractivity contribution < 1.29 is 9.53 Å². The molecule has 1 spiro atoms. The second-order valence-electron chi connectivity index (χ2n) is 4.11. The SMILES string of the molecule is CC1=N[C@@]2(C[C@H]2c2ccccc2)C(=O)O1. The molecule has 1 aromatic rings. The Morgan fingerprint density at radius 3 is 2.73 bits per heavy atom. The molecule has 1 aliphatic heterocycles. The van der Waals surface area contributed by atoms with E-state index in [0.717, 1.165) is 6.42 Å². The molecule has 0 amide bonds. The highest BCUT2D eigenvalue weighted by Gasteiger charge is 2.65. The number of carbonyl (C=O) groups is 1. The van der Waals surface area contributed by atoms with E-state index in [2.05, 4.69) is 4.99 Å². The molecule has 1 aliphatic carbocycles. The zero-order chi connectivity index (χ0) is 10.5. The molecule has 2 aliphatic rings. The highest BCUT2D eigenvalue weighted by Crippen LogP contribution is 2.57. The second-order valence-corrected chi connectivity index (χ2v) is 4.11. The van der Waals surface area contributed by atoms with Crippen molar-refractivity contribution in [1.82, 2.24) is 0 Å². The first-order chi connectivity index (χ1) is 7.22. The van der Waals surface area contributed by atoms with Crippen LogP contribution < -0.4 is 0 Å². The minimum atomic E-state index is -0.578. The average molecular weight is 201 g/mol. The Morgan fingerprint density at radius 2 is 2.13 bits per heavy atom. The molecule has 0 saturated heterocycles. The first kappa shape index (κ1) is 8.65. The third-order valence-electron chi connectivity index (χ3n) is 3.08. The fourth-order valence-corrected chi connectivity index (χ4v) is 2.25. The predicted molar refractivity (Wildman–Crippen MR) is 55.7 cm³/mol. The van der Waals surface area contributed by atoms with E-state index >= 15 is 0 Å². The van der Waals surface area contributed by atoms with E-state index in [0.29, 0.717) is 5.90 Å². The summed E-state index contributed by atoms with van der Waals surface area (Å²) < 4.78 is 5.00. The summed E-state index contributed by atoms with van der Waals surface area (Å²) in [5, 5.41) is 0. The number of esters is 1. The van der Waals surface area contributed by atoms with E-state index in [1.165, 1.54) is 5.56 Å². The van der Waals surface area contributed by atoms with Crippen molar-refractivity contribution in [3.05, 3.63) is 35.9 Å². The van der Waals surface area contributed by atoms with Crippen LogP contribution >= 0.6 is 0 Å². The van der Waals surface area contributed by atoms with E-state index < -0.39 is 5.54 Å². The van der Waals surface area contributed by atoms with Gasteiger partial charge in [0.2, 0.25) is 0 Å². The van der Waals surface area contributed by atoms with Crippen molar-refractivity contribution in [2.24, 2.45) is 4.99 Å². The molecule has 0 aromatic heterocycles. The second kappa shape index (κ2) is 2.69. The van der Waals surface area contributed by atoms with Gasteiger partial charge < -0.3 is 4.74 Å². The van der Waals surface area contributed by atoms with Crippen molar-refractivity contribution in [3.63, 3.8) is 0 Å². The molecule has 1 fully saturated rings. The third kappa shape index (κ3) is 1.12. The summed E-state index contributed by atoms with van der Waals surface area (Å²) in [7, 11) is 0. The molecule has 76 valence electrons. The summed E-state index contributed by atoms with van der Waals surface area (Å²) in [6.45, 7) is 1.73. The van der Waals surface area contributed by atoms with Gasteiger partial charge in [0.05, 0.1) is 0 Å². The number of benzene rings is 1. The molecule has 1 aromatic carbocycles. The maximum absolute atomic E-state index is 11.6. The molecule has 0 bridgehead atoms. The number of carbonyl (C=O) groups excluding carboxylic acids is 1. The van der Waals surface area contributed by atoms with Gasteiger partial charge in [-0.2, -0.15) is 0 Å². The smallest absolute Gasteiger partial charge is 0.341 e. The lowest BCUT2D eigenvalue weighted by Gasteiger charge is -2.01. The molecule has 0 N–H and O–H groups in total. The van der Waals surface area contributed by atoms with Crippen LogP contribution in [0.2, 0.25) is 0 Å². The number of ether oxygens (including phenoxy) is 1. The van der Waals surface area contributed by atoms with Crippen LogP contribution in [0.4, 0.5) is 0 Å². The van der Waals surface area contributed by atoms with Crippen LogP contribution in [0.15, 0.2) is 35.3 Å². The Balaban J connectivity index is 1.93. The quantitative estimate of drug-likeness (QED) is 0.651. The molecule has 2 atom stereocenters. The molecule has 15 heavy (non-hydrogen) atoms. The fourth-order valence-electron chi connectivity index (χ4n) is 2.25. The van der Waals surface area contributed by atoms with Gasteiger partial charge in [-0.15, -0.1) is 0 Å². The first-order valence-electron chi connectivity index (χ1n) is 5.06. The minimum absolute atomic E-state index is 0.186. The van der Waals surface area contributed by atoms with Gasteiger partial charge in [0.25, 0.3) is 0 Å². The van der Waals surface area contributed by atoms with Gasteiger partial charge in [-0.25, -0.2) is 9.79 Å². The van der Waals surface area contributed by atoms with Gasteiger partial charge in [0.1, 0.15) is 0 Å². The number of cyclic esters (lactones) is 1. The normalized spacial score (nSPS) is 32.7. The Labute approximate surface area is 87.8 Å². The zero-order valence-electron chi connectivity index (χ0n) is 8.43. The summed E-state index contributed by atoms with van der Waals surface area (Å²) in [6, 6.07) is 10.0. The Morgan fingerprint density at radius 1 is 1.40 bits per heavy atom. The average Bonchev–Trinajstić information content (AvgIpc) is 2.87. The summed E-state index contributed by atoms with van der Waals surface area (Å²) in [4.78, 5) is 15.9. The molecular weight excluding hydrogens is 190 g/mol. The molecular formula is C12H11NO2. The van der Waals surface area contributed by atoms with Gasteiger partial charge in [-0.3, -0.25) is 0 Å². The molecule has 3 nitrogen and oxygen atoms in total. The molecule has 3 heteroatoms. The largest absolute Gasteiger partial charge is 0.410 e.